The molecular weight excluding hydrogens is 432 g/mol. The number of benzene rings is 3. The van der Waals surface area contributed by atoms with Crippen molar-refractivity contribution >= 4 is 27.6 Å². The second-order valence-electron chi connectivity index (χ2n) is 6.94. The average Bonchev–Trinajstić information content (AvgIpc) is 2.78. The van der Waals surface area contributed by atoms with E-state index in [1.54, 1.807) is 54.6 Å². The minimum atomic E-state index is -4.10. The molecule has 1 atom stereocenters. The molecule has 8 nitrogen and oxygen atoms in total. The van der Waals surface area contributed by atoms with Crippen molar-refractivity contribution in [2.24, 2.45) is 5.73 Å². The van der Waals surface area contributed by atoms with Crippen LogP contribution in [-0.4, -0.2) is 27.4 Å². The lowest BCUT2D eigenvalue weighted by molar-refractivity contribution is -0.127. The largest absolute Gasteiger partial charge is 0.495 e. The van der Waals surface area contributed by atoms with Crippen LogP contribution >= 0.6 is 0 Å². The number of aryl methyl sites for hydroxylation is 1. The molecule has 0 saturated carbocycles. The molecule has 32 heavy (non-hydrogen) atoms. The van der Waals surface area contributed by atoms with E-state index in [-0.39, 0.29) is 16.2 Å². The van der Waals surface area contributed by atoms with Gasteiger partial charge in [0.25, 0.3) is 15.9 Å². The first kappa shape index (κ1) is 22.8. The molecule has 3 aromatic carbocycles. The van der Waals surface area contributed by atoms with Crippen LogP contribution in [0.1, 0.15) is 27.6 Å². The van der Waals surface area contributed by atoms with Crippen molar-refractivity contribution < 1.29 is 27.5 Å². The molecule has 0 heterocycles. The van der Waals surface area contributed by atoms with Gasteiger partial charge in [-0.15, -0.1) is 0 Å². The Balaban J connectivity index is 1.91. The molecule has 0 radical (unpaired) electrons. The van der Waals surface area contributed by atoms with E-state index in [0.29, 0.717) is 11.3 Å². The summed E-state index contributed by atoms with van der Waals surface area (Å²) in [6.07, 6.45) is -1.32. The molecule has 1 unspecified atom stereocenters. The highest BCUT2D eigenvalue weighted by atomic mass is 32.2. The first-order valence-electron chi connectivity index (χ1n) is 9.54. The summed E-state index contributed by atoms with van der Waals surface area (Å²) >= 11 is 0. The number of esters is 1. The molecule has 9 heteroatoms. The zero-order chi connectivity index (χ0) is 23.3. The second kappa shape index (κ2) is 9.52. The number of hydrogen-bond acceptors (Lipinski definition) is 6. The van der Waals surface area contributed by atoms with E-state index in [1.807, 2.05) is 6.92 Å². The molecule has 3 aromatic rings. The van der Waals surface area contributed by atoms with Crippen LogP contribution in [0.25, 0.3) is 0 Å². The van der Waals surface area contributed by atoms with E-state index in [2.05, 4.69) is 4.72 Å². The Morgan fingerprint density at radius 1 is 0.969 bits per heavy atom. The van der Waals surface area contributed by atoms with Crippen LogP contribution in [0.5, 0.6) is 5.75 Å². The molecule has 0 fully saturated rings. The minimum Gasteiger partial charge on any atom is -0.495 e. The standard InChI is InChI=1S/C23H22N2O6S/c1-15-8-11-18(12-9-15)25-32(28,29)20-14-17(10-13-19(20)30-2)23(27)31-21(22(24)26)16-6-4-3-5-7-16/h3-14,21,25H,1-2H3,(H2,24,26). The second-order valence-corrected chi connectivity index (χ2v) is 8.59. The van der Waals surface area contributed by atoms with Crippen molar-refractivity contribution in [2.75, 3.05) is 11.8 Å². The summed E-state index contributed by atoms with van der Waals surface area (Å²) in [7, 11) is -2.78. The molecule has 0 bridgehead atoms. The lowest BCUT2D eigenvalue weighted by Gasteiger charge is -2.16. The fourth-order valence-electron chi connectivity index (χ4n) is 2.94. The molecule has 0 saturated heterocycles. The normalized spacial score (nSPS) is 11.9. The number of nitrogens with one attached hydrogen (secondary N) is 1. The topological polar surface area (TPSA) is 125 Å². The highest BCUT2D eigenvalue weighted by Crippen LogP contribution is 2.28. The van der Waals surface area contributed by atoms with Gasteiger partial charge >= 0.3 is 5.97 Å². The first-order valence-corrected chi connectivity index (χ1v) is 11.0. The monoisotopic (exact) mass is 454 g/mol. The third kappa shape index (κ3) is 5.25. The molecule has 0 aliphatic carbocycles. The van der Waals surface area contributed by atoms with Gasteiger partial charge in [0.2, 0.25) is 6.10 Å². The van der Waals surface area contributed by atoms with Gasteiger partial charge in [-0.3, -0.25) is 9.52 Å². The van der Waals surface area contributed by atoms with Crippen molar-refractivity contribution in [2.45, 2.75) is 17.9 Å². The smallest absolute Gasteiger partial charge is 0.339 e. The van der Waals surface area contributed by atoms with Crippen LogP contribution in [0, 0.1) is 6.92 Å². The number of hydrogen-bond donors (Lipinski definition) is 2. The van der Waals surface area contributed by atoms with Crippen molar-refractivity contribution in [3.8, 4) is 5.75 Å². The molecule has 0 aliphatic rings. The van der Waals surface area contributed by atoms with Gasteiger partial charge in [-0.05, 0) is 37.3 Å². The number of amides is 1. The summed E-state index contributed by atoms with van der Waals surface area (Å²) in [6.45, 7) is 1.88. The van der Waals surface area contributed by atoms with Gasteiger partial charge in [-0.1, -0.05) is 48.0 Å². The number of methoxy groups -OCH3 is 1. The highest BCUT2D eigenvalue weighted by Gasteiger charge is 2.26. The Hall–Kier alpha value is -3.85. The number of ether oxygens (including phenoxy) is 2. The SMILES string of the molecule is COc1ccc(C(=O)OC(C(N)=O)c2ccccc2)cc1S(=O)(=O)Nc1ccc(C)cc1. The average molecular weight is 455 g/mol. The summed E-state index contributed by atoms with van der Waals surface area (Å²) in [4.78, 5) is 24.3. The van der Waals surface area contributed by atoms with E-state index >= 15 is 0 Å². The number of anilines is 1. The number of sulfonamides is 1. The predicted molar refractivity (Wildman–Crippen MR) is 119 cm³/mol. The van der Waals surface area contributed by atoms with Crippen LogP contribution in [-0.2, 0) is 19.6 Å². The Bertz CT molecular complexity index is 1230. The zero-order valence-corrected chi connectivity index (χ0v) is 18.3. The molecule has 0 aliphatic heterocycles. The first-order chi connectivity index (χ1) is 15.2. The van der Waals surface area contributed by atoms with Gasteiger partial charge in [-0.2, -0.15) is 0 Å². The van der Waals surface area contributed by atoms with Gasteiger partial charge in [0.1, 0.15) is 10.6 Å². The van der Waals surface area contributed by atoms with Crippen molar-refractivity contribution in [1.29, 1.82) is 0 Å². The Morgan fingerprint density at radius 3 is 2.22 bits per heavy atom. The summed E-state index contributed by atoms with van der Waals surface area (Å²) < 4.78 is 38.9. The maximum Gasteiger partial charge on any atom is 0.339 e. The number of nitrogens with two attached hydrogens (primary N) is 1. The highest BCUT2D eigenvalue weighted by molar-refractivity contribution is 7.92. The van der Waals surface area contributed by atoms with Crippen molar-refractivity contribution in [3.05, 3.63) is 89.5 Å². The van der Waals surface area contributed by atoms with Gasteiger partial charge in [0.15, 0.2) is 0 Å². The summed E-state index contributed by atoms with van der Waals surface area (Å²) in [5.74, 6) is -1.73. The fraction of sp³-hybridized carbons (Fsp3) is 0.130. The third-order valence-corrected chi connectivity index (χ3v) is 5.98. The van der Waals surface area contributed by atoms with E-state index in [0.717, 1.165) is 11.6 Å². The van der Waals surface area contributed by atoms with Crippen LogP contribution < -0.4 is 15.2 Å². The molecule has 3 rings (SSSR count). The third-order valence-electron chi connectivity index (χ3n) is 4.58. The van der Waals surface area contributed by atoms with Crippen LogP contribution in [0.15, 0.2) is 77.7 Å². The Labute approximate surface area is 186 Å². The molecule has 166 valence electrons. The Kier molecular flexibility index (Phi) is 6.79. The molecule has 0 aromatic heterocycles. The predicted octanol–water partition coefficient (Wildman–Crippen LogP) is 3.19. The van der Waals surface area contributed by atoms with Gasteiger partial charge in [0, 0.05) is 11.3 Å². The minimum absolute atomic E-state index is 0.0377. The molecule has 0 spiro atoms. The van der Waals surface area contributed by atoms with Crippen LogP contribution in [0.2, 0.25) is 0 Å². The van der Waals surface area contributed by atoms with E-state index in [1.165, 1.54) is 19.2 Å². The van der Waals surface area contributed by atoms with E-state index in [4.69, 9.17) is 15.2 Å². The van der Waals surface area contributed by atoms with Crippen LogP contribution in [0.4, 0.5) is 5.69 Å². The molecular formula is C23H22N2O6S. The maximum atomic E-state index is 13.0. The molecule has 1 amide bonds. The fourth-order valence-corrected chi connectivity index (χ4v) is 4.19. The summed E-state index contributed by atoms with van der Waals surface area (Å²) in [5, 5.41) is 0. The Morgan fingerprint density at radius 2 is 1.62 bits per heavy atom. The number of primary amides is 1. The lowest BCUT2D eigenvalue weighted by atomic mass is 10.1. The van der Waals surface area contributed by atoms with Gasteiger partial charge in [-0.25, -0.2) is 13.2 Å². The van der Waals surface area contributed by atoms with Crippen molar-refractivity contribution in [1.82, 2.24) is 0 Å². The van der Waals surface area contributed by atoms with Crippen LogP contribution in [0.3, 0.4) is 0 Å². The van der Waals surface area contributed by atoms with Crippen molar-refractivity contribution in [3.63, 3.8) is 0 Å². The van der Waals surface area contributed by atoms with E-state index < -0.39 is 28.0 Å². The summed E-state index contributed by atoms with van der Waals surface area (Å²) in [5.41, 5.74) is 7.03. The van der Waals surface area contributed by atoms with Gasteiger partial charge < -0.3 is 15.2 Å². The van der Waals surface area contributed by atoms with E-state index in [9.17, 15) is 18.0 Å². The maximum absolute atomic E-state index is 13.0. The number of carbonyl (C=O) groups excluding carboxylic acids is 2. The number of carbonyl (C=O) groups is 2. The lowest BCUT2D eigenvalue weighted by Crippen LogP contribution is -2.26. The summed E-state index contributed by atoms with van der Waals surface area (Å²) in [6, 6.07) is 18.8. The quantitative estimate of drug-likeness (QED) is 0.504. The van der Waals surface area contributed by atoms with Gasteiger partial charge in [0.05, 0.1) is 12.7 Å². The number of rotatable bonds is 8. The zero-order valence-electron chi connectivity index (χ0n) is 17.4. The molecule has 3 N–H and O–H groups in total.